The molecule has 0 spiro atoms. The third kappa shape index (κ3) is 4.01. The standard InChI is InChI=1S/C22H18N2O4/c25-24(26)22-11-8-18(28-22)7-10-21-20-9-6-19(14-17(20)12-13-23-21)27-15-16-4-2-1-3-5-16/h1-11,14H,12-13,15H2/b10-7+. The summed E-state index contributed by atoms with van der Waals surface area (Å²) < 4.78 is 11.1. The number of rotatable bonds is 6. The number of ether oxygens (including phenoxy) is 1. The van der Waals surface area contributed by atoms with Gasteiger partial charge in [0.2, 0.25) is 0 Å². The van der Waals surface area contributed by atoms with E-state index in [9.17, 15) is 10.1 Å². The van der Waals surface area contributed by atoms with E-state index in [2.05, 4.69) is 11.1 Å². The number of allylic oxidation sites excluding steroid dienone is 1. The zero-order valence-electron chi connectivity index (χ0n) is 15.1. The van der Waals surface area contributed by atoms with Crippen molar-refractivity contribution in [2.75, 3.05) is 6.54 Å². The van der Waals surface area contributed by atoms with E-state index in [-0.39, 0.29) is 5.88 Å². The number of hydrogen-bond donors (Lipinski definition) is 0. The van der Waals surface area contributed by atoms with E-state index in [1.807, 2.05) is 48.5 Å². The molecule has 0 saturated carbocycles. The molecule has 0 radical (unpaired) electrons. The largest absolute Gasteiger partial charge is 0.489 e. The summed E-state index contributed by atoms with van der Waals surface area (Å²) in [6.07, 6.45) is 4.37. The first kappa shape index (κ1) is 17.7. The summed E-state index contributed by atoms with van der Waals surface area (Å²) >= 11 is 0. The van der Waals surface area contributed by atoms with Gasteiger partial charge in [-0.25, -0.2) is 0 Å². The summed E-state index contributed by atoms with van der Waals surface area (Å²) in [4.78, 5) is 14.7. The second-order valence-corrected chi connectivity index (χ2v) is 6.38. The van der Waals surface area contributed by atoms with Gasteiger partial charge in [-0.1, -0.05) is 30.3 Å². The van der Waals surface area contributed by atoms with Crippen molar-refractivity contribution in [1.82, 2.24) is 0 Å². The number of benzene rings is 2. The van der Waals surface area contributed by atoms with Crippen LogP contribution in [0.2, 0.25) is 0 Å². The Kier molecular flexibility index (Phi) is 5.01. The molecular weight excluding hydrogens is 356 g/mol. The molecule has 6 heteroatoms. The van der Waals surface area contributed by atoms with E-state index in [0.29, 0.717) is 18.9 Å². The highest BCUT2D eigenvalue weighted by molar-refractivity contribution is 6.12. The number of nitro groups is 1. The van der Waals surface area contributed by atoms with Crippen molar-refractivity contribution in [1.29, 1.82) is 0 Å². The quantitative estimate of drug-likeness (QED) is 0.457. The molecule has 0 bridgehead atoms. The van der Waals surface area contributed by atoms with Gasteiger partial charge in [0, 0.05) is 12.1 Å². The zero-order chi connectivity index (χ0) is 19.3. The molecule has 0 fully saturated rings. The molecule has 1 aromatic heterocycles. The molecular formula is C22H18N2O4. The monoisotopic (exact) mass is 374 g/mol. The van der Waals surface area contributed by atoms with Crippen molar-refractivity contribution < 1.29 is 14.1 Å². The van der Waals surface area contributed by atoms with Gasteiger partial charge in [0.15, 0.2) is 0 Å². The molecule has 0 aliphatic carbocycles. The minimum Gasteiger partial charge on any atom is -0.489 e. The molecule has 28 heavy (non-hydrogen) atoms. The Balaban J connectivity index is 1.48. The van der Waals surface area contributed by atoms with E-state index >= 15 is 0 Å². The predicted molar refractivity (Wildman–Crippen MR) is 107 cm³/mol. The number of furan rings is 1. The molecule has 4 rings (SSSR count). The Bertz CT molecular complexity index is 1050. The van der Waals surface area contributed by atoms with Crippen LogP contribution in [0, 0.1) is 10.1 Å². The average Bonchev–Trinajstić information content (AvgIpc) is 3.21. The SMILES string of the molecule is O=[N+]([O-])c1ccc(/C=C/C2=NCCc3cc(OCc4ccccc4)ccc32)o1. The number of hydrogen-bond acceptors (Lipinski definition) is 5. The Morgan fingerprint density at radius 2 is 1.96 bits per heavy atom. The molecule has 1 aliphatic heterocycles. The highest BCUT2D eigenvalue weighted by Crippen LogP contribution is 2.24. The fraction of sp³-hybridized carbons (Fsp3) is 0.136. The summed E-state index contributed by atoms with van der Waals surface area (Å²) in [5.74, 6) is 0.977. The first-order valence-corrected chi connectivity index (χ1v) is 8.96. The van der Waals surface area contributed by atoms with Crippen LogP contribution in [-0.4, -0.2) is 17.2 Å². The van der Waals surface area contributed by atoms with Gasteiger partial charge < -0.3 is 9.15 Å². The van der Waals surface area contributed by atoms with Gasteiger partial charge in [0.05, 0.1) is 11.8 Å². The summed E-state index contributed by atoms with van der Waals surface area (Å²) in [5.41, 5.74) is 4.16. The molecule has 0 amide bonds. The van der Waals surface area contributed by atoms with E-state index < -0.39 is 4.92 Å². The van der Waals surface area contributed by atoms with E-state index in [0.717, 1.165) is 29.0 Å². The summed E-state index contributed by atoms with van der Waals surface area (Å²) in [7, 11) is 0. The van der Waals surface area contributed by atoms with Crippen molar-refractivity contribution in [3.05, 3.63) is 99.3 Å². The molecule has 2 aromatic carbocycles. The Morgan fingerprint density at radius 3 is 2.75 bits per heavy atom. The molecule has 1 aliphatic rings. The highest BCUT2D eigenvalue weighted by atomic mass is 16.6. The smallest absolute Gasteiger partial charge is 0.433 e. The maximum absolute atomic E-state index is 10.7. The lowest BCUT2D eigenvalue weighted by Crippen LogP contribution is -2.11. The molecule has 0 saturated heterocycles. The molecule has 140 valence electrons. The predicted octanol–water partition coefficient (Wildman–Crippen LogP) is 4.83. The van der Waals surface area contributed by atoms with Gasteiger partial charge in [-0.2, -0.15) is 0 Å². The maximum atomic E-state index is 10.7. The first-order chi connectivity index (χ1) is 13.7. The summed E-state index contributed by atoms with van der Waals surface area (Å²) in [6, 6.07) is 18.9. The number of aliphatic imine (C=N–C) groups is 1. The third-order valence-electron chi connectivity index (χ3n) is 4.46. The second-order valence-electron chi connectivity index (χ2n) is 6.38. The summed E-state index contributed by atoms with van der Waals surface area (Å²) in [5, 5.41) is 10.7. The van der Waals surface area contributed by atoms with Gasteiger partial charge >= 0.3 is 5.88 Å². The molecule has 0 atom stereocenters. The van der Waals surface area contributed by atoms with Crippen molar-refractivity contribution in [3.8, 4) is 5.75 Å². The first-order valence-electron chi connectivity index (χ1n) is 8.96. The number of nitrogens with zero attached hydrogens (tertiary/aromatic N) is 2. The normalized spacial score (nSPS) is 13.2. The average molecular weight is 374 g/mol. The Labute approximate surface area is 161 Å². The van der Waals surface area contributed by atoms with E-state index in [1.165, 1.54) is 11.6 Å². The van der Waals surface area contributed by atoms with Crippen LogP contribution >= 0.6 is 0 Å². The lowest BCUT2D eigenvalue weighted by molar-refractivity contribution is -0.402. The van der Waals surface area contributed by atoms with Crippen LogP contribution < -0.4 is 4.74 Å². The van der Waals surface area contributed by atoms with Gasteiger partial charge in [-0.15, -0.1) is 0 Å². The maximum Gasteiger partial charge on any atom is 0.433 e. The lowest BCUT2D eigenvalue weighted by atomic mass is 9.97. The van der Waals surface area contributed by atoms with E-state index in [1.54, 1.807) is 12.1 Å². The van der Waals surface area contributed by atoms with Gasteiger partial charge in [0.1, 0.15) is 23.0 Å². The zero-order valence-corrected chi connectivity index (χ0v) is 15.1. The summed E-state index contributed by atoms with van der Waals surface area (Å²) in [6.45, 7) is 1.21. The van der Waals surface area contributed by atoms with Crippen LogP contribution in [0.1, 0.15) is 22.5 Å². The molecule has 0 N–H and O–H groups in total. The van der Waals surface area contributed by atoms with Crippen LogP contribution in [0.15, 0.2) is 76.1 Å². The van der Waals surface area contributed by atoms with Crippen LogP contribution in [0.25, 0.3) is 6.08 Å². The fourth-order valence-corrected chi connectivity index (χ4v) is 3.07. The Morgan fingerprint density at radius 1 is 1.11 bits per heavy atom. The number of fused-ring (bicyclic) bond motifs is 1. The molecule has 6 nitrogen and oxygen atoms in total. The van der Waals surface area contributed by atoms with Gasteiger partial charge in [0.25, 0.3) is 0 Å². The van der Waals surface area contributed by atoms with Crippen LogP contribution in [0.5, 0.6) is 5.75 Å². The molecule has 0 unspecified atom stereocenters. The molecule has 2 heterocycles. The lowest BCUT2D eigenvalue weighted by Gasteiger charge is -2.16. The minimum atomic E-state index is -0.554. The van der Waals surface area contributed by atoms with Crippen molar-refractivity contribution in [2.24, 2.45) is 4.99 Å². The topological polar surface area (TPSA) is 77.9 Å². The van der Waals surface area contributed by atoms with Crippen molar-refractivity contribution in [3.63, 3.8) is 0 Å². The van der Waals surface area contributed by atoms with Crippen LogP contribution in [-0.2, 0) is 13.0 Å². The minimum absolute atomic E-state index is 0.272. The van der Waals surface area contributed by atoms with Gasteiger partial charge in [-0.05, 0) is 54.0 Å². The van der Waals surface area contributed by atoms with Gasteiger partial charge in [-0.3, -0.25) is 15.1 Å². The third-order valence-corrected chi connectivity index (χ3v) is 4.46. The van der Waals surface area contributed by atoms with Crippen LogP contribution in [0.3, 0.4) is 0 Å². The van der Waals surface area contributed by atoms with Crippen molar-refractivity contribution in [2.45, 2.75) is 13.0 Å². The van der Waals surface area contributed by atoms with Crippen molar-refractivity contribution >= 4 is 17.7 Å². The fourth-order valence-electron chi connectivity index (χ4n) is 3.07. The molecule has 3 aromatic rings. The highest BCUT2D eigenvalue weighted by Gasteiger charge is 2.14. The second kappa shape index (κ2) is 7.92. The Hall–Kier alpha value is -3.67. The van der Waals surface area contributed by atoms with Crippen LogP contribution in [0.4, 0.5) is 5.88 Å². The van der Waals surface area contributed by atoms with E-state index in [4.69, 9.17) is 9.15 Å².